The molecule has 10 rings (SSSR count). The molecule has 0 aliphatic rings. The van der Waals surface area contributed by atoms with Crippen LogP contribution in [0, 0.1) is 0 Å². The first-order chi connectivity index (χ1) is 24.8. The van der Waals surface area contributed by atoms with Crippen molar-refractivity contribution in [2.75, 3.05) is 0 Å². The van der Waals surface area contributed by atoms with E-state index in [0.29, 0.717) is 5.82 Å². The van der Waals surface area contributed by atoms with Crippen LogP contribution in [0.5, 0.6) is 0 Å². The Morgan fingerprint density at radius 1 is 0.320 bits per heavy atom. The van der Waals surface area contributed by atoms with Crippen LogP contribution in [0.15, 0.2) is 176 Å². The first-order valence-corrected chi connectivity index (χ1v) is 16.9. The second-order valence-electron chi connectivity index (χ2n) is 12.8. The van der Waals surface area contributed by atoms with Gasteiger partial charge in [-0.2, -0.15) is 0 Å². The molecule has 232 valence electrons. The highest BCUT2D eigenvalue weighted by Crippen LogP contribution is 2.43. The fourth-order valence-corrected chi connectivity index (χ4v) is 7.73. The highest BCUT2D eigenvalue weighted by Gasteiger charge is 2.18. The van der Waals surface area contributed by atoms with E-state index >= 15 is 0 Å². The summed E-state index contributed by atoms with van der Waals surface area (Å²) in [5.41, 5.74) is 7.15. The van der Waals surface area contributed by atoms with Gasteiger partial charge in [0.15, 0.2) is 5.82 Å². The Kier molecular flexibility index (Phi) is 6.49. The number of pyridine rings is 1. The number of hydrogen-bond donors (Lipinski definition) is 0. The predicted molar refractivity (Wildman–Crippen MR) is 209 cm³/mol. The highest BCUT2D eigenvalue weighted by molar-refractivity contribution is 6.33. The number of aromatic nitrogens is 3. The van der Waals surface area contributed by atoms with Crippen LogP contribution in [0.4, 0.5) is 0 Å². The summed E-state index contributed by atoms with van der Waals surface area (Å²) in [6.07, 6.45) is 3.74. The van der Waals surface area contributed by atoms with E-state index in [9.17, 15) is 0 Å². The molecule has 0 N–H and O–H groups in total. The third-order valence-electron chi connectivity index (χ3n) is 9.95. The van der Waals surface area contributed by atoms with Crippen molar-refractivity contribution in [2.24, 2.45) is 0 Å². The van der Waals surface area contributed by atoms with E-state index in [-0.39, 0.29) is 0 Å². The second kappa shape index (κ2) is 11.5. The first kappa shape index (κ1) is 28.3. The number of hydrogen-bond acceptors (Lipinski definition) is 3. The molecule has 0 spiro atoms. The number of rotatable bonds is 4. The molecule has 0 bridgehead atoms. The van der Waals surface area contributed by atoms with Crippen molar-refractivity contribution in [3.05, 3.63) is 176 Å². The lowest BCUT2D eigenvalue weighted by Crippen LogP contribution is -1.97. The Morgan fingerprint density at radius 2 is 0.820 bits per heavy atom. The monoisotopic (exact) mass is 635 g/mol. The molecule has 0 amide bonds. The van der Waals surface area contributed by atoms with E-state index in [1.165, 1.54) is 43.1 Å². The lowest BCUT2D eigenvalue weighted by atomic mass is 9.88. The Hall–Kier alpha value is -6.71. The van der Waals surface area contributed by atoms with Crippen LogP contribution in [-0.2, 0) is 0 Å². The van der Waals surface area contributed by atoms with Crippen LogP contribution in [-0.4, -0.2) is 15.0 Å². The van der Waals surface area contributed by atoms with E-state index in [1.54, 1.807) is 0 Å². The van der Waals surface area contributed by atoms with Gasteiger partial charge in [-0.3, -0.25) is 4.98 Å². The average Bonchev–Trinajstić information content (AvgIpc) is 3.20. The van der Waals surface area contributed by atoms with E-state index in [0.717, 1.165) is 50.0 Å². The van der Waals surface area contributed by atoms with Crippen LogP contribution in [0.3, 0.4) is 0 Å². The van der Waals surface area contributed by atoms with Crippen molar-refractivity contribution >= 4 is 53.9 Å². The number of nitrogens with zero attached hydrogens (tertiary/aromatic N) is 3. The van der Waals surface area contributed by atoms with Crippen molar-refractivity contribution in [3.8, 4) is 45.0 Å². The molecule has 2 aromatic heterocycles. The first-order valence-electron chi connectivity index (χ1n) is 16.9. The quantitative estimate of drug-likeness (QED) is 0.181. The van der Waals surface area contributed by atoms with Gasteiger partial charge in [0.2, 0.25) is 0 Å². The van der Waals surface area contributed by atoms with Crippen LogP contribution >= 0.6 is 0 Å². The summed E-state index contributed by atoms with van der Waals surface area (Å²) in [5, 5.41) is 12.2. The van der Waals surface area contributed by atoms with Crippen molar-refractivity contribution in [1.29, 1.82) is 0 Å². The standard InChI is InChI=1S/C47H29N3/c1-2-13-30(14-3-1)47-49-44(39-25-11-23-33-32(22-10-24-35(33)39)31-15-12-26-48-29-31)28-45(50-47)42-27-43-37-18-5-4-16-34(37)36-17-6-8-20-40(36)46(43)41-21-9-7-19-38(41)42/h1-29H. The summed E-state index contributed by atoms with van der Waals surface area (Å²) >= 11 is 0. The Bertz CT molecular complexity index is 2910. The minimum Gasteiger partial charge on any atom is -0.264 e. The topological polar surface area (TPSA) is 38.7 Å². The third kappa shape index (κ3) is 4.48. The van der Waals surface area contributed by atoms with Gasteiger partial charge in [0, 0.05) is 34.6 Å². The van der Waals surface area contributed by atoms with E-state index in [2.05, 4.69) is 145 Å². The molecule has 50 heavy (non-hydrogen) atoms. The molecule has 0 fully saturated rings. The Labute approximate surface area is 289 Å². The van der Waals surface area contributed by atoms with Crippen molar-refractivity contribution in [2.45, 2.75) is 0 Å². The fraction of sp³-hybridized carbons (Fsp3) is 0. The molecular weight excluding hydrogens is 607 g/mol. The normalized spacial score (nSPS) is 11.6. The lowest BCUT2D eigenvalue weighted by molar-refractivity contribution is 1.19. The molecule has 0 radical (unpaired) electrons. The maximum Gasteiger partial charge on any atom is 0.160 e. The molecular formula is C47H29N3. The Morgan fingerprint density at radius 3 is 1.52 bits per heavy atom. The summed E-state index contributed by atoms with van der Waals surface area (Å²) in [6, 6.07) is 58.2. The van der Waals surface area contributed by atoms with Gasteiger partial charge in [0.25, 0.3) is 0 Å². The smallest absolute Gasteiger partial charge is 0.160 e. The number of fused-ring (bicyclic) bond motifs is 9. The maximum atomic E-state index is 5.32. The lowest BCUT2D eigenvalue weighted by Gasteiger charge is -2.17. The van der Waals surface area contributed by atoms with Gasteiger partial charge in [-0.25, -0.2) is 9.97 Å². The molecule has 0 aliphatic heterocycles. The molecule has 0 unspecified atom stereocenters. The minimum atomic E-state index is 0.700. The van der Waals surface area contributed by atoms with Gasteiger partial charge in [-0.15, -0.1) is 0 Å². The molecule has 10 aromatic rings. The molecule has 0 saturated carbocycles. The van der Waals surface area contributed by atoms with Gasteiger partial charge < -0.3 is 0 Å². The zero-order valence-corrected chi connectivity index (χ0v) is 27.1. The van der Waals surface area contributed by atoms with Crippen molar-refractivity contribution in [1.82, 2.24) is 15.0 Å². The van der Waals surface area contributed by atoms with Crippen molar-refractivity contribution < 1.29 is 0 Å². The average molecular weight is 636 g/mol. The van der Waals surface area contributed by atoms with Gasteiger partial charge in [-0.1, -0.05) is 146 Å². The van der Waals surface area contributed by atoms with Crippen LogP contribution in [0.1, 0.15) is 0 Å². The van der Waals surface area contributed by atoms with E-state index in [1.807, 2.05) is 36.7 Å². The summed E-state index contributed by atoms with van der Waals surface area (Å²) in [4.78, 5) is 15.0. The SMILES string of the molecule is c1ccc(-c2nc(-c3cccc4c(-c5cccnc5)cccc34)cc(-c3cc4c5ccccc5c5ccccc5c4c4ccccc34)n2)cc1. The van der Waals surface area contributed by atoms with Crippen LogP contribution in [0.25, 0.3) is 98.9 Å². The highest BCUT2D eigenvalue weighted by atomic mass is 14.9. The second-order valence-corrected chi connectivity index (χ2v) is 12.8. The molecule has 0 aliphatic carbocycles. The third-order valence-corrected chi connectivity index (χ3v) is 9.95. The molecule has 0 atom stereocenters. The molecule has 2 heterocycles. The summed E-state index contributed by atoms with van der Waals surface area (Å²) < 4.78 is 0. The maximum absolute atomic E-state index is 5.32. The van der Waals surface area contributed by atoms with Gasteiger partial charge in [0.1, 0.15) is 0 Å². The summed E-state index contributed by atoms with van der Waals surface area (Å²) in [6.45, 7) is 0. The summed E-state index contributed by atoms with van der Waals surface area (Å²) in [5.74, 6) is 0.700. The van der Waals surface area contributed by atoms with E-state index < -0.39 is 0 Å². The van der Waals surface area contributed by atoms with E-state index in [4.69, 9.17) is 9.97 Å². The minimum absolute atomic E-state index is 0.700. The molecule has 0 saturated heterocycles. The largest absolute Gasteiger partial charge is 0.264 e. The number of benzene rings is 8. The molecule has 3 heteroatoms. The zero-order chi connectivity index (χ0) is 33.0. The van der Waals surface area contributed by atoms with Crippen molar-refractivity contribution in [3.63, 3.8) is 0 Å². The predicted octanol–water partition coefficient (Wildman–Crippen LogP) is 12.3. The Balaban J connectivity index is 1.30. The summed E-state index contributed by atoms with van der Waals surface area (Å²) in [7, 11) is 0. The van der Waals surface area contributed by atoms with Gasteiger partial charge in [-0.05, 0) is 77.6 Å². The van der Waals surface area contributed by atoms with Crippen LogP contribution < -0.4 is 0 Å². The van der Waals surface area contributed by atoms with Gasteiger partial charge in [0.05, 0.1) is 11.4 Å². The van der Waals surface area contributed by atoms with Gasteiger partial charge >= 0.3 is 0 Å². The zero-order valence-electron chi connectivity index (χ0n) is 27.1. The molecule has 8 aromatic carbocycles. The fourth-order valence-electron chi connectivity index (χ4n) is 7.73. The molecule has 3 nitrogen and oxygen atoms in total. The van der Waals surface area contributed by atoms with Crippen LogP contribution in [0.2, 0.25) is 0 Å².